The first kappa shape index (κ1) is 14.3. The van der Waals surface area contributed by atoms with Crippen molar-refractivity contribution in [2.75, 3.05) is 18.5 Å². The molecule has 2 rings (SSSR count). The van der Waals surface area contributed by atoms with Crippen LogP contribution in [0, 0.1) is 0 Å². The van der Waals surface area contributed by atoms with Gasteiger partial charge in [0.2, 0.25) is 5.91 Å². The molecule has 1 atom stereocenters. The molecule has 4 nitrogen and oxygen atoms in total. The molecule has 106 valence electrons. The van der Waals surface area contributed by atoms with Gasteiger partial charge in [0.25, 0.3) is 5.91 Å². The molecule has 1 saturated heterocycles. The number of likely N-dealkylation sites (tertiary alicyclic amines) is 1. The minimum Gasteiger partial charge on any atom is -0.336 e. The molecule has 0 N–H and O–H groups in total. The number of carbonyl (C=O) groups excluding carboxylic acids is 2. The summed E-state index contributed by atoms with van der Waals surface area (Å²) in [7, 11) is 1.68. The highest BCUT2D eigenvalue weighted by Crippen LogP contribution is 2.23. The molecule has 1 fully saturated rings. The van der Waals surface area contributed by atoms with Crippen LogP contribution in [0.3, 0.4) is 0 Å². The monoisotopic (exact) mass is 272 g/mol. The van der Waals surface area contributed by atoms with Crippen molar-refractivity contribution < 1.29 is 9.59 Å². The first-order valence-electron chi connectivity index (χ1n) is 6.89. The average Bonchev–Trinajstić information content (AvgIpc) is 2.45. The average molecular weight is 272 g/mol. The number of hydrogen-bond donors (Lipinski definition) is 0. The van der Waals surface area contributed by atoms with E-state index >= 15 is 0 Å². The molecule has 1 heterocycles. The zero-order chi connectivity index (χ0) is 14.7. The molecule has 20 heavy (non-hydrogen) atoms. The summed E-state index contributed by atoms with van der Waals surface area (Å²) in [5, 5.41) is 0. The summed E-state index contributed by atoms with van der Waals surface area (Å²) >= 11 is 0. The van der Waals surface area contributed by atoms with E-state index in [2.05, 4.69) is 13.5 Å². The van der Waals surface area contributed by atoms with Crippen molar-refractivity contribution in [3.05, 3.63) is 42.5 Å². The summed E-state index contributed by atoms with van der Waals surface area (Å²) in [6, 6.07) is 7.50. The number of likely N-dealkylation sites (N-methyl/N-ethyl adjacent to an activating group) is 1. The van der Waals surface area contributed by atoms with Gasteiger partial charge in [0.05, 0.1) is 0 Å². The minimum atomic E-state index is -0.169. The Balaban J connectivity index is 2.10. The van der Waals surface area contributed by atoms with E-state index in [0.29, 0.717) is 11.6 Å². The van der Waals surface area contributed by atoms with Crippen LogP contribution < -0.4 is 4.90 Å². The van der Waals surface area contributed by atoms with E-state index in [1.165, 1.54) is 11.0 Å². The molecule has 4 heteroatoms. The smallest absolute Gasteiger partial charge is 0.254 e. The third-order valence-corrected chi connectivity index (χ3v) is 3.88. The van der Waals surface area contributed by atoms with Gasteiger partial charge in [-0.15, -0.1) is 0 Å². The van der Waals surface area contributed by atoms with Crippen molar-refractivity contribution >= 4 is 17.5 Å². The Bertz CT molecular complexity index is 520. The maximum absolute atomic E-state index is 12.3. The topological polar surface area (TPSA) is 40.6 Å². The highest BCUT2D eigenvalue weighted by molar-refractivity contribution is 6.01. The quantitative estimate of drug-likeness (QED) is 0.790. The van der Waals surface area contributed by atoms with E-state index in [9.17, 15) is 9.59 Å². The molecular formula is C16H20N2O2. The number of amides is 2. The molecular weight excluding hydrogens is 252 g/mol. The molecule has 1 aromatic carbocycles. The van der Waals surface area contributed by atoms with Gasteiger partial charge in [-0.1, -0.05) is 13.5 Å². The van der Waals surface area contributed by atoms with E-state index in [0.717, 1.165) is 25.1 Å². The summed E-state index contributed by atoms with van der Waals surface area (Å²) in [4.78, 5) is 27.2. The van der Waals surface area contributed by atoms with Crippen LogP contribution in [-0.4, -0.2) is 36.3 Å². The van der Waals surface area contributed by atoms with Crippen LogP contribution in [0.1, 0.15) is 30.1 Å². The Morgan fingerprint density at radius 3 is 2.50 bits per heavy atom. The molecule has 0 aromatic heterocycles. The van der Waals surface area contributed by atoms with Gasteiger partial charge in [-0.2, -0.15) is 0 Å². The lowest BCUT2D eigenvalue weighted by atomic mass is 9.99. The molecule has 0 radical (unpaired) electrons. The third-order valence-electron chi connectivity index (χ3n) is 3.88. The van der Waals surface area contributed by atoms with Gasteiger partial charge in [0, 0.05) is 30.9 Å². The molecule has 0 bridgehead atoms. The number of carbonyl (C=O) groups is 2. The summed E-state index contributed by atoms with van der Waals surface area (Å²) in [6.07, 6.45) is 3.36. The molecule has 1 unspecified atom stereocenters. The van der Waals surface area contributed by atoms with Gasteiger partial charge in [-0.05, 0) is 43.2 Å². The normalized spacial score (nSPS) is 17.3. The Morgan fingerprint density at radius 2 is 2.05 bits per heavy atom. The second-order valence-electron chi connectivity index (χ2n) is 5.00. The van der Waals surface area contributed by atoms with Crippen LogP contribution in [-0.2, 0) is 4.79 Å². The second kappa shape index (κ2) is 5.90. The van der Waals surface area contributed by atoms with E-state index in [4.69, 9.17) is 0 Å². The fraction of sp³-hybridized carbons (Fsp3) is 0.375. The highest BCUT2D eigenvalue weighted by Gasteiger charge is 2.31. The largest absolute Gasteiger partial charge is 0.336 e. The van der Waals surface area contributed by atoms with E-state index in [1.807, 2.05) is 4.90 Å². The fourth-order valence-electron chi connectivity index (χ4n) is 2.39. The number of rotatable bonds is 4. The van der Waals surface area contributed by atoms with Crippen molar-refractivity contribution in [3.63, 3.8) is 0 Å². The van der Waals surface area contributed by atoms with Crippen LogP contribution in [0.2, 0.25) is 0 Å². The van der Waals surface area contributed by atoms with Crippen LogP contribution in [0.15, 0.2) is 36.9 Å². The predicted molar refractivity (Wildman–Crippen MR) is 79.8 cm³/mol. The van der Waals surface area contributed by atoms with Gasteiger partial charge in [-0.3, -0.25) is 9.59 Å². The van der Waals surface area contributed by atoms with Crippen LogP contribution >= 0.6 is 0 Å². The molecule has 1 aliphatic heterocycles. The molecule has 2 amide bonds. The third kappa shape index (κ3) is 2.59. The summed E-state index contributed by atoms with van der Waals surface area (Å²) < 4.78 is 0. The number of anilines is 1. The van der Waals surface area contributed by atoms with Crippen molar-refractivity contribution in [3.8, 4) is 0 Å². The molecule has 0 saturated carbocycles. The van der Waals surface area contributed by atoms with Gasteiger partial charge in [0.15, 0.2) is 0 Å². The van der Waals surface area contributed by atoms with E-state index < -0.39 is 0 Å². The lowest BCUT2D eigenvalue weighted by molar-refractivity contribution is -0.113. The van der Waals surface area contributed by atoms with Crippen LogP contribution in [0.4, 0.5) is 5.69 Å². The summed E-state index contributed by atoms with van der Waals surface area (Å²) in [6.45, 7) is 6.40. The van der Waals surface area contributed by atoms with Crippen molar-refractivity contribution in [1.82, 2.24) is 4.90 Å². The van der Waals surface area contributed by atoms with Gasteiger partial charge >= 0.3 is 0 Å². The lowest BCUT2D eigenvalue weighted by Crippen LogP contribution is -2.50. The summed E-state index contributed by atoms with van der Waals surface area (Å²) in [5.41, 5.74) is 1.42. The number of nitrogens with zero attached hydrogens (tertiary/aromatic N) is 2. The molecule has 0 aliphatic carbocycles. The molecule has 1 aliphatic rings. The maximum Gasteiger partial charge on any atom is 0.254 e. The Hall–Kier alpha value is -2.10. The Morgan fingerprint density at radius 1 is 1.40 bits per heavy atom. The molecule has 0 spiro atoms. The van der Waals surface area contributed by atoms with Crippen LogP contribution in [0.25, 0.3) is 0 Å². The first-order valence-corrected chi connectivity index (χ1v) is 6.89. The zero-order valence-electron chi connectivity index (χ0n) is 12.0. The fourth-order valence-corrected chi connectivity index (χ4v) is 2.39. The predicted octanol–water partition coefficient (Wildman–Crippen LogP) is 2.46. The second-order valence-corrected chi connectivity index (χ2v) is 5.00. The van der Waals surface area contributed by atoms with Gasteiger partial charge in [0.1, 0.15) is 0 Å². The van der Waals surface area contributed by atoms with E-state index in [-0.39, 0.29) is 11.8 Å². The van der Waals surface area contributed by atoms with Gasteiger partial charge in [-0.25, -0.2) is 0 Å². The highest BCUT2D eigenvalue weighted by atomic mass is 16.2. The van der Waals surface area contributed by atoms with E-state index in [1.54, 1.807) is 31.3 Å². The lowest BCUT2D eigenvalue weighted by Gasteiger charge is -2.40. The SMILES string of the molecule is C=CC(=O)N(C)c1ccc(C(=O)N2CCC2CC)cc1. The summed E-state index contributed by atoms with van der Waals surface area (Å²) in [5.74, 6) is -0.0924. The first-order chi connectivity index (χ1) is 9.58. The minimum absolute atomic E-state index is 0.0763. The zero-order valence-corrected chi connectivity index (χ0v) is 12.0. The number of hydrogen-bond acceptors (Lipinski definition) is 2. The van der Waals surface area contributed by atoms with Gasteiger partial charge < -0.3 is 9.80 Å². The van der Waals surface area contributed by atoms with Crippen molar-refractivity contribution in [2.24, 2.45) is 0 Å². The maximum atomic E-state index is 12.3. The Kier molecular flexibility index (Phi) is 4.23. The van der Waals surface area contributed by atoms with Crippen molar-refractivity contribution in [1.29, 1.82) is 0 Å². The molecule has 1 aromatic rings. The van der Waals surface area contributed by atoms with Crippen LogP contribution in [0.5, 0.6) is 0 Å². The standard InChI is InChI=1S/C16H20N2O2/c1-4-13-10-11-18(13)16(20)12-6-8-14(9-7-12)17(3)15(19)5-2/h5-9,13H,2,4,10-11H2,1,3H3. The number of benzene rings is 1. The Labute approximate surface area is 119 Å². The van der Waals surface area contributed by atoms with Crippen molar-refractivity contribution in [2.45, 2.75) is 25.8 Å².